The van der Waals surface area contributed by atoms with Crippen LogP contribution in [0.15, 0.2) is 53.5 Å². The zero-order valence-electron chi connectivity index (χ0n) is 12.9. The standard InChI is InChI=1S/C16H18N6O/c1-2-22(9-8-13-6-4-3-5-7-13)16-20-14(10-18-21-16)19-15-11-17-12-23-15/h3-7,10-12H,2,8-9H2,1H3,(H,19,20,21). The first-order valence-corrected chi connectivity index (χ1v) is 7.49. The molecule has 0 aliphatic rings. The maximum Gasteiger partial charge on any atom is 0.247 e. The summed E-state index contributed by atoms with van der Waals surface area (Å²) in [5, 5.41) is 11.1. The second kappa shape index (κ2) is 7.35. The van der Waals surface area contributed by atoms with Crippen LogP contribution >= 0.6 is 0 Å². The van der Waals surface area contributed by atoms with Gasteiger partial charge in [-0.3, -0.25) is 0 Å². The molecule has 3 aromatic rings. The number of hydrogen-bond acceptors (Lipinski definition) is 7. The number of nitrogens with zero attached hydrogens (tertiary/aromatic N) is 5. The van der Waals surface area contributed by atoms with Crippen molar-refractivity contribution in [3.63, 3.8) is 0 Å². The Morgan fingerprint density at radius 1 is 1.17 bits per heavy atom. The van der Waals surface area contributed by atoms with Gasteiger partial charge in [-0.15, -0.1) is 5.10 Å². The second-order valence-electron chi connectivity index (χ2n) is 4.95. The van der Waals surface area contributed by atoms with Crippen molar-refractivity contribution >= 4 is 17.7 Å². The molecule has 0 unspecified atom stereocenters. The maximum absolute atomic E-state index is 5.15. The summed E-state index contributed by atoms with van der Waals surface area (Å²) in [6, 6.07) is 10.4. The van der Waals surface area contributed by atoms with Gasteiger partial charge in [0.1, 0.15) is 0 Å². The monoisotopic (exact) mass is 310 g/mol. The van der Waals surface area contributed by atoms with Crippen molar-refractivity contribution in [2.24, 2.45) is 0 Å². The molecule has 3 rings (SSSR count). The number of nitrogens with one attached hydrogen (secondary N) is 1. The lowest BCUT2D eigenvalue weighted by molar-refractivity contribution is 0.574. The van der Waals surface area contributed by atoms with Crippen molar-refractivity contribution in [1.82, 2.24) is 20.2 Å². The lowest BCUT2D eigenvalue weighted by atomic mass is 10.1. The quantitative estimate of drug-likeness (QED) is 0.718. The summed E-state index contributed by atoms with van der Waals surface area (Å²) < 4.78 is 5.15. The van der Waals surface area contributed by atoms with E-state index < -0.39 is 0 Å². The Morgan fingerprint density at radius 2 is 2.04 bits per heavy atom. The zero-order chi connectivity index (χ0) is 15.9. The molecule has 0 radical (unpaired) electrons. The van der Waals surface area contributed by atoms with Crippen LogP contribution in [0.25, 0.3) is 0 Å². The Kier molecular flexibility index (Phi) is 4.78. The lowest BCUT2D eigenvalue weighted by Crippen LogP contribution is -2.27. The molecule has 2 aromatic heterocycles. The number of hydrogen-bond donors (Lipinski definition) is 1. The molecule has 0 saturated carbocycles. The van der Waals surface area contributed by atoms with Crippen molar-refractivity contribution in [1.29, 1.82) is 0 Å². The van der Waals surface area contributed by atoms with Gasteiger partial charge >= 0.3 is 0 Å². The molecule has 0 spiro atoms. The number of anilines is 3. The molecule has 2 heterocycles. The minimum absolute atomic E-state index is 0.517. The van der Waals surface area contributed by atoms with Crippen molar-refractivity contribution in [3.05, 3.63) is 54.7 Å². The summed E-state index contributed by atoms with van der Waals surface area (Å²) in [6.45, 7) is 3.71. The van der Waals surface area contributed by atoms with Gasteiger partial charge in [-0.05, 0) is 18.9 Å². The molecule has 0 atom stereocenters. The average Bonchev–Trinajstić information content (AvgIpc) is 3.10. The van der Waals surface area contributed by atoms with Crippen LogP contribution in [0, 0.1) is 0 Å². The van der Waals surface area contributed by atoms with Gasteiger partial charge in [-0.25, -0.2) is 4.98 Å². The predicted octanol–water partition coefficient (Wildman–Crippen LogP) is 2.67. The van der Waals surface area contributed by atoms with E-state index in [1.165, 1.54) is 12.0 Å². The van der Waals surface area contributed by atoms with Crippen LogP contribution in [-0.4, -0.2) is 33.3 Å². The smallest absolute Gasteiger partial charge is 0.247 e. The Hall–Kier alpha value is -2.96. The largest absolute Gasteiger partial charge is 0.428 e. The molecule has 0 amide bonds. The van der Waals surface area contributed by atoms with Gasteiger partial charge in [0.15, 0.2) is 12.2 Å². The third kappa shape index (κ3) is 4.03. The highest BCUT2D eigenvalue weighted by atomic mass is 16.4. The van der Waals surface area contributed by atoms with E-state index >= 15 is 0 Å². The summed E-state index contributed by atoms with van der Waals surface area (Å²) in [5.74, 6) is 1.68. The van der Waals surface area contributed by atoms with Crippen LogP contribution in [0.3, 0.4) is 0 Å². The van der Waals surface area contributed by atoms with E-state index in [1.54, 1.807) is 12.4 Å². The maximum atomic E-state index is 5.15. The van der Waals surface area contributed by atoms with Gasteiger partial charge in [0.2, 0.25) is 11.8 Å². The summed E-state index contributed by atoms with van der Waals surface area (Å²) in [7, 11) is 0. The van der Waals surface area contributed by atoms with E-state index in [0.717, 1.165) is 19.5 Å². The van der Waals surface area contributed by atoms with E-state index in [9.17, 15) is 0 Å². The summed E-state index contributed by atoms with van der Waals surface area (Å²) >= 11 is 0. The molecule has 0 aliphatic heterocycles. The molecule has 118 valence electrons. The first kappa shape index (κ1) is 15.0. The number of benzene rings is 1. The van der Waals surface area contributed by atoms with Crippen LogP contribution in [0.2, 0.25) is 0 Å². The van der Waals surface area contributed by atoms with Crippen molar-refractivity contribution in [2.75, 3.05) is 23.3 Å². The van der Waals surface area contributed by atoms with Crippen molar-refractivity contribution in [2.45, 2.75) is 13.3 Å². The first-order chi connectivity index (χ1) is 11.3. The fourth-order valence-electron chi connectivity index (χ4n) is 2.20. The first-order valence-electron chi connectivity index (χ1n) is 7.49. The summed E-state index contributed by atoms with van der Waals surface area (Å²) in [4.78, 5) is 10.4. The molecular formula is C16H18N6O. The molecular weight excluding hydrogens is 292 g/mol. The highest BCUT2D eigenvalue weighted by molar-refractivity contribution is 5.49. The minimum atomic E-state index is 0.517. The number of rotatable bonds is 7. The zero-order valence-corrected chi connectivity index (χ0v) is 12.9. The van der Waals surface area contributed by atoms with Gasteiger partial charge in [0.25, 0.3) is 0 Å². The second-order valence-corrected chi connectivity index (χ2v) is 4.95. The lowest BCUT2D eigenvalue weighted by Gasteiger charge is -2.20. The Bertz CT molecular complexity index is 716. The molecule has 0 aliphatic carbocycles. The highest BCUT2D eigenvalue weighted by Gasteiger charge is 2.10. The molecule has 7 nitrogen and oxygen atoms in total. The van der Waals surface area contributed by atoms with Crippen LogP contribution < -0.4 is 10.2 Å². The van der Waals surface area contributed by atoms with Gasteiger partial charge in [0, 0.05) is 13.1 Å². The molecule has 0 fully saturated rings. The molecule has 0 bridgehead atoms. The van der Waals surface area contributed by atoms with Crippen molar-refractivity contribution in [3.8, 4) is 0 Å². The SMILES string of the molecule is CCN(CCc1ccccc1)c1nncc(Nc2cnco2)n1. The molecule has 23 heavy (non-hydrogen) atoms. The Labute approximate surface area is 134 Å². The molecule has 7 heteroatoms. The summed E-state index contributed by atoms with van der Waals surface area (Å²) in [6.07, 6.45) is 5.42. The van der Waals surface area contributed by atoms with Crippen molar-refractivity contribution < 1.29 is 4.42 Å². The van der Waals surface area contributed by atoms with E-state index in [4.69, 9.17) is 4.42 Å². The Morgan fingerprint density at radius 3 is 2.78 bits per heavy atom. The Balaban J connectivity index is 1.68. The van der Waals surface area contributed by atoms with Gasteiger partial charge in [-0.2, -0.15) is 10.1 Å². The van der Waals surface area contributed by atoms with Gasteiger partial charge < -0.3 is 14.6 Å². The van der Waals surface area contributed by atoms with Gasteiger partial charge in [0.05, 0.1) is 12.4 Å². The predicted molar refractivity (Wildman–Crippen MR) is 87.6 cm³/mol. The highest BCUT2D eigenvalue weighted by Crippen LogP contribution is 2.15. The van der Waals surface area contributed by atoms with E-state index in [0.29, 0.717) is 17.7 Å². The third-order valence-electron chi connectivity index (χ3n) is 3.41. The third-order valence-corrected chi connectivity index (χ3v) is 3.41. The van der Waals surface area contributed by atoms with Crippen LogP contribution in [-0.2, 0) is 6.42 Å². The number of aromatic nitrogens is 4. The van der Waals surface area contributed by atoms with Crippen LogP contribution in [0.5, 0.6) is 0 Å². The average molecular weight is 310 g/mol. The number of oxazole rings is 1. The minimum Gasteiger partial charge on any atom is -0.428 e. The van der Waals surface area contributed by atoms with Gasteiger partial charge in [-0.1, -0.05) is 30.3 Å². The van der Waals surface area contributed by atoms with E-state index in [-0.39, 0.29) is 0 Å². The van der Waals surface area contributed by atoms with Crippen LogP contribution in [0.1, 0.15) is 12.5 Å². The topological polar surface area (TPSA) is 80.0 Å². The normalized spacial score (nSPS) is 10.5. The fraction of sp³-hybridized carbons (Fsp3) is 0.250. The van der Waals surface area contributed by atoms with E-state index in [1.807, 2.05) is 18.2 Å². The summed E-state index contributed by atoms with van der Waals surface area (Å²) in [5.41, 5.74) is 1.29. The molecule has 1 N–H and O–H groups in total. The molecule has 1 aromatic carbocycles. The van der Waals surface area contributed by atoms with E-state index in [2.05, 4.69) is 49.4 Å². The number of likely N-dealkylation sites (N-methyl/N-ethyl adjacent to an activating group) is 1. The molecule has 0 saturated heterocycles. The van der Waals surface area contributed by atoms with Crippen LogP contribution in [0.4, 0.5) is 17.7 Å². The fourth-order valence-corrected chi connectivity index (χ4v) is 2.20.